The van der Waals surface area contributed by atoms with E-state index in [4.69, 9.17) is 0 Å². The predicted molar refractivity (Wildman–Crippen MR) is 56.8 cm³/mol. The molecule has 0 bridgehead atoms. The molecule has 0 fully saturated rings. The van der Waals surface area contributed by atoms with Crippen molar-refractivity contribution in [1.82, 2.24) is 0 Å². The summed E-state index contributed by atoms with van der Waals surface area (Å²) in [6, 6.07) is 5.85. The van der Waals surface area contributed by atoms with Gasteiger partial charge in [-0.1, -0.05) is 12.1 Å². The number of rotatable bonds is 4. The first-order valence-corrected chi connectivity index (χ1v) is 6.07. The van der Waals surface area contributed by atoms with Crippen LogP contribution in [0.3, 0.4) is 0 Å². The third-order valence-electron chi connectivity index (χ3n) is 1.90. The first-order chi connectivity index (χ1) is 7.53. The standard InChI is InChI=1S/C10H12O5S/c1-14-7-16(12,13)9-6-4-3-5-8(9)10(11)15-2/h3-6H,7H2,1-2H3. The average molecular weight is 244 g/mol. The van der Waals surface area contributed by atoms with E-state index in [9.17, 15) is 13.2 Å². The van der Waals surface area contributed by atoms with Crippen LogP contribution in [0.15, 0.2) is 29.2 Å². The lowest BCUT2D eigenvalue weighted by Crippen LogP contribution is -2.14. The summed E-state index contributed by atoms with van der Waals surface area (Å²) < 4.78 is 32.6. The number of hydrogen-bond acceptors (Lipinski definition) is 5. The molecule has 0 aromatic heterocycles. The van der Waals surface area contributed by atoms with Crippen LogP contribution in [0.5, 0.6) is 0 Å². The van der Waals surface area contributed by atoms with E-state index in [0.29, 0.717) is 0 Å². The zero-order valence-electron chi connectivity index (χ0n) is 8.97. The van der Waals surface area contributed by atoms with Crippen molar-refractivity contribution < 1.29 is 22.7 Å². The lowest BCUT2D eigenvalue weighted by Gasteiger charge is -2.07. The van der Waals surface area contributed by atoms with Crippen LogP contribution in [-0.2, 0) is 19.3 Å². The van der Waals surface area contributed by atoms with Gasteiger partial charge in [0.15, 0.2) is 5.94 Å². The lowest BCUT2D eigenvalue weighted by atomic mass is 10.2. The molecule has 5 nitrogen and oxygen atoms in total. The number of esters is 1. The van der Waals surface area contributed by atoms with Gasteiger partial charge in [0.05, 0.1) is 17.6 Å². The van der Waals surface area contributed by atoms with Crippen LogP contribution in [0, 0.1) is 0 Å². The van der Waals surface area contributed by atoms with Gasteiger partial charge in [0.2, 0.25) is 9.84 Å². The van der Waals surface area contributed by atoms with Crippen LogP contribution >= 0.6 is 0 Å². The molecule has 0 radical (unpaired) electrons. The molecule has 1 rings (SSSR count). The number of benzene rings is 1. The highest BCUT2D eigenvalue weighted by molar-refractivity contribution is 7.91. The molecule has 6 heteroatoms. The minimum Gasteiger partial charge on any atom is -0.465 e. The van der Waals surface area contributed by atoms with Crippen LogP contribution in [-0.4, -0.2) is 34.5 Å². The van der Waals surface area contributed by atoms with Crippen LogP contribution in [0.1, 0.15) is 10.4 Å². The van der Waals surface area contributed by atoms with Crippen molar-refractivity contribution in [3.05, 3.63) is 29.8 Å². The fourth-order valence-corrected chi connectivity index (χ4v) is 2.44. The highest BCUT2D eigenvalue weighted by atomic mass is 32.2. The SMILES string of the molecule is COCS(=O)(=O)c1ccccc1C(=O)OC. The van der Waals surface area contributed by atoms with E-state index in [2.05, 4.69) is 9.47 Å². The number of carbonyl (C=O) groups is 1. The van der Waals surface area contributed by atoms with Crippen molar-refractivity contribution in [3.8, 4) is 0 Å². The minimum absolute atomic E-state index is 0.0158. The molecule has 0 N–H and O–H groups in total. The minimum atomic E-state index is -3.62. The van der Waals surface area contributed by atoms with Crippen molar-refractivity contribution in [3.63, 3.8) is 0 Å². The second-order valence-corrected chi connectivity index (χ2v) is 4.91. The molecule has 0 saturated carbocycles. The van der Waals surface area contributed by atoms with Gasteiger partial charge in [0.25, 0.3) is 0 Å². The molecule has 0 aliphatic heterocycles. The number of sulfone groups is 1. The number of methoxy groups -OCH3 is 2. The smallest absolute Gasteiger partial charge is 0.339 e. The van der Waals surface area contributed by atoms with Crippen molar-refractivity contribution in [2.45, 2.75) is 4.90 Å². The largest absolute Gasteiger partial charge is 0.465 e. The fourth-order valence-electron chi connectivity index (χ4n) is 1.24. The van der Waals surface area contributed by atoms with Gasteiger partial charge in [-0.3, -0.25) is 0 Å². The van der Waals surface area contributed by atoms with Gasteiger partial charge < -0.3 is 9.47 Å². The Balaban J connectivity index is 3.29. The zero-order valence-corrected chi connectivity index (χ0v) is 9.78. The van der Waals surface area contributed by atoms with Gasteiger partial charge in [-0.25, -0.2) is 13.2 Å². The Kier molecular flexibility index (Phi) is 4.03. The predicted octanol–water partition coefficient (Wildman–Crippen LogP) is 0.851. The molecule has 0 saturated heterocycles. The van der Waals surface area contributed by atoms with Crippen LogP contribution < -0.4 is 0 Å². The Hall–Kier alpha value is -1.40. The maximum atomic E-state index is 11.7. The Labute approximate surface area is 93.9 Å². The molecule has 1 aromatic rings. The van der Waals surface area contributed by atoms with E-state index in [1.807, 2.05) is 0 Å². The normalized spacial score (nSPS) is 11.1. The second kappa shape index (κ2) is 5.09. The molecule has 0 atom stereocenters. The molecule has 0 spiro atoms. The van der Waals surface area contributed by atoms with Gasteiger partial charge in [0.1, 0.15) is 0 Å². The summed E-state index contributed by atoms with van der Waals surface area (Å²) in [6.07, 6.45) is 0. The molecule has 16 heavy (non-hydrogen) atoms. The van der Waals surface area contributed by atoms with Crippen molar-refractivity contribution in [2.75, 3.05) is 20.2 Å². The monoisotopic (exact) mass is 244 g/mol. The van der Waals surface area contributed by atoms with E-state index in [1.54, 1.807) is 6.07 Å². The van der Waals surface area contributed by atoms with E-state index >= 15 is 0 Å². The zero-order chi connectivity index (χ0) is 12.2. The summed E-state index contributed by atoms with van der Waals surface area (Å²) >= 11 is 0. The summed E-state index contributed by atoms with van der Waals surface area (Å²) in [7, 11) is -1.15. The van der Waals surface area contributed by atoms with Crippen LogP contribution in [0.25, 0.3) is 0 Å². The molecule has 88 valence electrons. The van der Waals surface area contributed by atoms with Crippen molar-refractivity contribution in [2.24, 2.45) is 0 Å². The van der Waals surface area contributed by atoms with Gasteiger partial charge in [0, 0.05) is 7.11 Å². The maximum Gasteiger partial charge on any atom is 0.339 e. The van der Waals surface area contributed by atoms with Gasteiger partial charge in [-0.05, 0) is 12.1 Å². The van der Waals surface area contributed by atoms with Gasteiger partial charge in [-0.2, -0.15) is 0 Å². The topological polar surface area (TPSA) is 69.7 Å². The summed E-state index contributed by atoms with van der Waals surface area (Å²) in [5.74, 6) is -1.16. The first kappa shape index (κ1) is 12.7. The summed E-state index contributed by atoms with van der Waals surface area (Å²) in [5.41, 5.74) is 0.0158. The summed E-state index contributed by atoms with van der Waals surface area (Å²) in [6.45, 7) is 0. The van der Waals surface area contributed by atoms with Crippen LogP contribution in [0.2, 0.25) is 0 Å². The highest BCUT2D eigenvalue weighted by Gasteiger charge is 2.22. The average Bonchev–Trinajstić information content (AvgIpc) is 2.28. The molecule has 0 unspecified atom stereocenters. The van der Waals surface area contributed by atoms with Crippen molar-refractivity contribution >= 4 is 15.8 Å². The molecule has 1 aromatic carbocycles. The van der Waals surface area contributed by atoms with Gasteiger partial charge in [-0.15, -0.1) is 0 Å². The van der Waals surface area contributed by atoms with Crippen molar-refractivity contribution in [1.29, 1.82) is 0 Å². The number of hydrogen-bond donors (Lipinski definition) is 0. The second-order valence-electron chi connectivity index (χ2n) is 3.01. The van der Waals surface area contributed by atoms with Gasteiger partial charge >= 0.3 is 5.97 Å². The van der Waals surface area contributed by atoms with E-state index in [-0.39, 0.29) is 10.5 Å². The van der Waals surface area contributed by atoms with E-state index in [1.165, 1.54) is 32.4 Å². The molecule has 0 amide bonds. The third-order valence-corrected chi connectivity index (χ3v) is 3.47. The van der Waals surface area contributed by atoms with Crippen LogP contribution in [0.4, 0.5) is 0 Å². The molecular weight excluding hydrogens is 232 g/mol. The van der Waals surface area contributed by atoms with E-state index < -0.39 is 21.7 Å². The summed E-state index contributed by atoms with van der Waals surface area (Å²) in [4.78, 5) is 11.3. The fraction of sp³-hybridized carbons (Fsp3) is 0.300. The third kappa shape index (κ3) is 2.59. The Morgan fingerprint density at radius 2 is 1.88 bits per heavy atom. The highest BCUT2D eigenvalue weighted by Crippen LogP contribution is 2.17. The quantitative estimate of drug-likeness (QED) is 0.734. The summed E-state index contributed by atoms with van der Waals surface area (Å²) in [5, 5.41) is 0. The Bertz CT molecular complexity index is 478. The molecular formula is C10H12O5S. The molecule has 0 aliphatic rings. The van der Waals surface area contributed by atoms with E-state index in [0.717, 1.165) is 0 Å². The number of carbonyl (C=O) groups excluding carboxylic acids is 1. The molecule has 0 aliphatic carbocycles. The maximum absolute atomic E-state index is 11.7. The first-order valence-electron chi connectivity index (χ1n) is 4.42. The number of ether oxygens (including phenoxy) is 2. The lowest BCUT2D eigenvalue weighted by molar-refractivity contribution is 0.0596. The Morgan fingerprint density at radius 3 is 2.44 bits per heavy atom. The Morgan fingerprint density at radius 1 is 1.25 bits per heavy atom. The molecule has 0 heterocycles.